The van der Waals surface area contributed by atoms with E-state index in [2.05, 4.69) is 45.0 Å². The fourth-order valence-corrected chi connectivity index (χ4v) is 2.65. The number of hydrogen-bond acceptors (Lipinski definition) is 0. The maximum Gasteiger partial charge on any atom is -0.0110 e. The average Bonchev–Trinajstić information content (AvgIpc) is 2.15. The lowest BCUT2D eigenvalue weighted by molar-refractivity contribution is 0.289. The standard InChI is InChI=1S/C14H20/c1-14(2,3)13-10-6-8-11-7-4-5-9-12(11)13/h4-5,7,9,13H,6,8,10H2,1-3H3. The largest absolute Gasteiger partial charge is 0.0620 e. The predicted octanol–water partition coefficient (Wildman–Crippen LogP) is 4.15. The molecule has 14 heavy (non-hydrogen) atoms. The van der Waals surface area contributed by atoms with Gasteiger partial charge in [-0.1, -0.05) is 45.0 Å². The van der Waals surface area contributed by atoms with E-state index in [4.69, 9.17) is 0 Å². The van der Waals surface area contributed by atoms with Crippen LogP contribution in [0.3, 0.4) is 0 Å². The summed E-state index contributed by atoms with van der Waals surface area (Å²) in [6.45, 7) is 7.08. The highest BCUT2D eigenvalue weighted by atomic mass is 14.3. The van der Waals surface area contributed by atoms with Gasteiger partial charge < -0.3 is 0 Å². The lowest BCUT2D eigenvalue weighted by Crippen LogP contribution is -2.22. The molecule has 1 aliphatic carbocycles. The molecule has 1 atom stereocenters. The normalized spacial score (nSPS) is 21.8. The molecule has 0 saturated carbocycles. The molecule has 0 bridgehead atoms. The van der Waals surface area contributed by atoms with Gasteiger partial charge in [0.2, 0.25) is 0 Å². The minimum Gasteiger partial charge on any atom is -0.0620 e. The minimum atomic E-state index is 0.413. The van der Waals surface area contributed by atoms with Gasteiger partial charge in [0.05, 0.1) is 0 Å². The van der Waals surface area contributed by atoms with Crippen LogP contribution in [0.2, 0.25) is 0 Å². The third kappa shape index (κ3) is 1.70. The Morgan fingerprint density at radius 3 is 2.57 bits per heavy atom. The zero-order chi connectivity index (χ0) is 10.2. The van der Waals surface area contributed by atoms with Gasteiger partial charge in [-0.3, -0.25) is 0 Å². The highest BCUT2D eigenvalue weighted by Crippen LogP contribution is 2.43. The van der Waals surface area contributed by atoms with Gasteiger partial charge in [-0.05, 0) is 41.7 Å². The Labute approximate surface area is 87.3 Å². The van der Waals surface area contributed by atoms with E-state index in [1.165, 1.54) is 19.3 Å². The molecule has 0 aromatic heterocycles. The quantitative estimate of drug-likeness (QED) is 0.573. The van der Waals surface area contributed by atoms with Gasteiger partial charge in [0.15, 0.2) is 0 Å². The van der Waals surface area contributed by atoms with Gasteiger partial charge in [0, 0.05) is 0 Å². The van der Waals surface area contributed by atoms with Crippen LogP contribution in [0.1, 0.15) is 50.7 Å². The second kappa shape index (κ2) is 3.42. The monoisotopic (exact) mass is 188 g/mol. The van der Waals surface area contributed by atoms with Crippen LogP contribution < -0.4 is 0 Å². The summed E-state index contributed by atoms with van der Waals surface area (Å²) in [6.07, 6.45) is 4.00. The number of aryl methyl sites for hydroxylation is 1. The molecule has 0 radical (unpaired) electrons. The maximum atomic E-state index is 2.36. The van der Waals surface area contributed by atoms with Crippen LogP contribution in [-0.4, -0.2) is 0 Å². The van der Waals surface area contributed by atoms with Crippen molar-refractivity contribution >= 4 is 0 Å². The van der Waals surface area contributed by atoms with Gasteiger partial charge in [-0.2, -0.15) is 0 Å². The average molecular weight is 188 g/mol. The number of fused-ring (bicyclic) bond motifs is 1. The van der Waals surface area contributed by atoms with E-state index < -0.39 is 0 Å². The Kier molecular flexibility index (Phi) is 2.38. The Bertz CT molecular complexity index is 317. The summed E-state index contributed by atoms with van der Waals surface area (Å²) in [7, 11) is 0. The minimum absolute atomic E-state index is 0.413. The third-order valence-electron chi connectivity index (χ3n) is 3.41. The summed E-state index contributed by atoms with van der Waals surface area (Å²) in [5, 5.41) is 0. The Balaban J connectivity index is 2.41. The van der Waals surface area contributed by atoms with Crippen molar-refractivity contribution in [3.8, 4) is 0 Å². The lowest BCUT2D eigenvalue weighted by atomic mass is 9.69. The number of hydrogen-bond donors (Lipinski definition) is 0. The molecule has 0 heteroatoms. The van der Waals surface area contributed by atoms with Crippen LogP contribution in [0.4, 0.5) is 0 Å². The van der Waals surface area contributed by atoms with Gasteiger partial charge in [0.1, 0.15) is 0 Å². The van der Waals surface area contributed by atoms with Crippen molar-refractivity contribution in [2.75, 3.05) is 0 Å². The van der Waals surface area contributed by atoms with Crippen molar-refractivity contribution in [1.82, 2.24) is 0 Å². The van der Waals surface area contributed by atoms with Gasteiger partial charge in [-0.25, -0.2) is 0 Å². The number of rotatable bonds is 0. The van der Waals surface area contributed by atoms with E-state index in [0.29, 0.717) is 5.41 Å². The fraction of sp³-hybridized carbons (Fsp3) is 0.571. The first kappa shape index (κ1) is 9.76. The molecule has 0 heterocycles. The molecule has 1 unspecified atom stereocenters. The van der Waals surface area contributed by atoms with Crippen LogP contribution >= 0.6 is 0 Å². The predicted molar refractivity (Wildman–Crippen MR) is 61.6 cm³/mol. The van der Waals surface area contributed by atoms with Crippen LogP contribution in [0.15, 0.2) is 24.3 Å². The van der Waals surface area contributed by atoms with Gasteiger partial charge >= 0.3 is 0 Å². The van der Waals surface area contributed by atoms with Crippen molar-refractivity contribution in [1.29, 1.82) is 0 Å². The molecule has 0 N–H and O–H groups in total. The fourth-order valence-electron chi connectivity index (χ4n) is 2.65. The molecule has 0 aliphatic heterocycles. The van der Waals surface area contributed by atoms with Crippen molar-refractivity contribution in [3.05, 3.63) is 35.4 Å². The summed E-state index contributed by atoms with van der Waals surface area (Å²) >= 11 is 0. The molecule has 2 rings (SSSR count). The molecule has 0 spiro atoms. The Morgan fingerprint density at radius 1 is 1.14 bits per heavy atom. The summed E-state index contributed by atoms with van der Waals surface area (Å²) in [5.74, 6) is 0.757. The second-order valence-electron chi connectivity index (χ2n) is 5.51. The van der Waals surface area contributed by atoms with E-state index in [1.807, 2.05) is 0 Å². The first-order valence-corrected chi connectivity index (χ1v) is 5.67. The highest BCUT2D eigenvalue weighted by Gasteiger charge is 2.29. The summed E-state index contributed by atoms with van der Waals surface area (Å²) in [5.41, 5.74) is 3.60. The topological polar surface area (TPSA) is 0 Å². The van der Waals surface area contributed by atoms with Crippen molar-refractivity contribution in [2.45, 2.75) is 46.0 Å². The summed E-state index contributed by atoms with van der Waals surface area (Å²) in [4.78, 5) is 0. The van der Waals surface area contributed by atoms with Crippen LogP contribution in [0.25, 0.3) is 0 Å². The third-order valence-corrected chi connectivity index (χ3v) is 3.41. The highest BCUT2D eigenvalue weighted by molar-refractivity contribution is 5.33. The Hall–Kier alpha value is -0.780. The zero-order valence-electron chi connectivity index (χ0n) is 9.51. The van der Waals surface area contributed by atoms with Gasteiger partial charge in [-0.15, -0.1) is 0 Å². The van der Waals surface area contributed by atoms with E-state index in [1.54, 1.807) is 11.1 Å². The molecule has 0 nitrogen and oxygen atoms in total. The molecule has 0 fully saturated rings. The van der Waals surface area contributed by atoms with Crippen LogP contribution in [0, 0.1) is 5.41 Å². The SMILES string of the molecule is CC(C)(C)C1CCCc2ccccc21. The first-order chi connectivity index (χ1) is 6.59. The second-order valence-corrected chi connectivity index (χ2v) is 5.51. The molecular formula is C14H20. The van der Waals surface area contributed by atoms with E-state index in [-0.39, 0.29) is 0 Å². The molecule has 0 amide bonds. The summed E-state index contributed by atoms with van der Waals surface area (Å²) in [6, 6.07) is 8.98. The smallest absolute Gasteiger partial charge is 0.0110 e. The first-order valence-electron chi connectivity index (χ1n) is 5.67. The molecular weight excluding hydrogens is 168 g/mol. The van der Waals surface area contributed by atoms with Crippen LogP contribution in [-0.2, 0) is 6.42 Å². The van der Waals surface area contributed by atoms with Crippen molar-refractivity contribution in [2.24, 2.45) is 5.41 Å². The Morgan fingerprint density at radius 2 is 1.86 bits per heavy atom. The zero-order valence-corrected chi connectivity index (χ0v) is 9.51. The molecule has 1 aromatic rings. The lowest BCUT2D eigenvalue weighted by Gasteiger charge is -2.35. The maximum absolute atomic E-state index is 2.36. The molecule has 1 aliphatic rings. The van der Waals surface area contributed by atoms with E-state index in [0.717, 1.165) is 5.92 Å². The van der Waals surface area contributed by atoms with Crippen molar-refractivity contribution in [3.63, 3.8) is 0 Å². The van der Waals surface area contributed by atoms with E-state index in [9.17, 15) is 0 Å². The van der Waals surface area contributed by atoms with E-state index >= 15 is 0 Å². The number of benzene rings is 1. The molecule has 0 saturated heterocycles. The molecule has 76 valence electrons. The van der Waals surface area contributed by atoms with Crippen LogP contribution in [0.5, 0.6) is 0 Å². The molecule has 1 aromatic carbocycles. The summed E-state index contributed by atoms with van der Waals surface area (Å²) < 4.78 is 0. The van der Waals surface area contributed by atoms with Gasteiger partial charge in [0.25, 0.3) is 0 Å². The van der Waals surface area contributed by atoms with Crippen molar-refractivity contribution < 1.29 is 0 Å².